The molecule has 126 valence electrons. The van der Waals surface area contributed by atoms with Gasteiger partial charge in [-0.3, -0.25) is 0 Å². The van der Waals surface area contributed by atoms with E-state index in [0.717, 1.165) is 25.1 Å². The highest BCUT2D eigenvalue weighted by molar-refractivity contribution is 5.80. The molecule has 6 heteroatoms. The van der Waals surface area contributed by atoms with E-state index >= 15 is 0 Å². The van der Waals surface area contributed by atoms with E-state index in [-0.39, 0.29) is 12.6 Å². The normalized spacial score (nSPS) is 13.0. The Kier molecular flexibility index (Phi) is 7.46. The molecule has 0 aromatic heterocycles. The van der Waals surface area contributed by atoms with Crippen LogP contribution in [0.25, 0.3) is 0 Å². The molecule has 0 amide bonds. The predicted molar refractivity (Wildman–Crippen MR) is 87.2 cm³/mol. The minimum atomic E-state index is -4.35. The average molecular weight is 325 g/mol. The van der Waals surface area contributed by atoms with Crippen LogP contribution in [-0.2, 0) is 6.18 Å². The van der Waals surface area contributed by atoms with Crippen LogP contribution in [0.2, 0.25) is 0 Å². The van der Waals surface area contributed by atoms with Crippen LogP contribution in [0, 0.1) is 11.8 Å². The predicted octanol–water partition coefficient (Wildman–Crippen LogP) is 3.41. The Hall–Kier alpha value is -2.16. The smallest absolute Gasteiger partial charge is 0.357 e. The van der Waals surface area contributed by atoms with E-state index in [2.05, 4.69) is 34.4 Å². The van der Waals surface area contributed by atoms with Gasteiger partial charge in [0, 0.05) is 18.2 Å². The molecule has 0 fully saturated rings. The maximum absolute atomic E-state index is 12.6. The molecule has 0 heterocycles. The first-order chi connectivity index (χ1) is 10.9. The molecule has 1 aromatic carbocycles. The number of hydrogen-bond donors (Lipinski definition) is 2. The Morgan fingerprint density at radius 3 is 2.65 bits per heavy atom. The number of benzene rings is 1. The standard InChI is InChI=1S/C17H22F3N3/c1-4-13(3)23-16(21-5-2)22-11-7-9-14-8-6-10-15(12-14)17(18,19)20/h6,8,10,12-13H,4-5,11H2,1-3H3,(H2,21,22,23). The monoisotopic (exact) mass is 325 g/mol. The summed E-state index contributed by atoms with van der Waals surface area (Å²) in [6.07, 6.45) is -3.39. The van der Waals surface area contributed by atoms with Crippen molar-refractivity contribution in [3.8, 4) is 11.8 Å². The van der Waals surface area contributed by atoms with Gasteiger partial charge in [-0.2, -0.15) is 13.2 Å². The fourth-order valence-electron chi connectivity index (χ4n) is 1.69. The van der Waals surface area contributed by atoms with Gasteiger partial charge >= 0.3 is 6.18 Å². The van der Waals surface area contributed by atoms with Gasteiger partial charge in [0.05, 0.1) is 5.56 Å². The van der Waals surface area contributed by atoms with E-state index in [1.807, 2.05) is 13.8 Å². The van der Waals surface area contributed by atoms with Crippen LogP contribution < -0.4 is 10.6 Å². The van der Waals surface area contributed by atoms with Crippen molar-refractivity contribution in [2.24, 2.45) is 4.99 Å². The summed E-state index contributed by atoms with van der Waals surface area (Å²) < 4.78 is 37.8. The second-order valence-electron chi connectivity index (χ2n) is 5.03. The topological polar surface area (TPSA) is 36.4 Å². The zero-order chi connectivity index (χ0) is 17.3. The number of hydrogen-bond acceptors (Lipinski definition) is 1. The van der Waals surface area contributed by atoms with E-state index in [1.54, 1.807) is 6.07 Å². The number of halogens is 3. The quantitative estimate of drug-likeness (QED) is 0.506. The van der Waals surface area contributed by atoms with Gasteiger partial charge in [0.2, 0.25) is 0 Å². The third-order valence-corrected chi connectivity index (χ3v) is 3.08. The van der Waals surface area contributed by atoms with Crippen LogP contribution in [0.1, 0.15) is 38.3 Å². The van der Waals surface area contributed by atoms with Crippen LogP contribution in [-0.4, -0.2) is 25.1 Å². The van der Waals surface area contributed by atoms with Crippen molar-refractivity contribution in [1.29, 1.82) is 0 Å². The summed E-state index contributed by atoms with van der Waals surface area (Å²) >= 11 is 0. The summed E-state index contributed by atoms with van der Waals surface area (Å²) in [5.41, 5.74) is -0.366. The third kappa shape index (κ3) is 7.09. The maximum Gasteiger partial charge on any atom is 0.416 e. The molecule has 0 aliphatic carbocycles. The Morgan fingerprint density at radius 2 is 2.04 bits per heavy atom. The van der Waals surface area contributed by atoms with E-state index in [0.29, 0.717) is 11.5 Å². The summed E-state index contributed by atoms with van der Waals surface area (Å²) in [5, 5.41) is 6.32. The molecule has 0 bridgehead atoms. The minimum Gasteiger partial charge on any atom is -0.357 e. The number of rotatable bonds is 4. The molecule has 0 aliphatic heterocycles. The molecule has 1 atom stereocenters. The number of alkyl halides is 3. The first-order valence-corrected chi connectivity index (χ1v) is 7.57. The number of nitrogens with one attached hydrogen (secondary N) is 2. The van der Waals surface area contributed by atoms with Crippen molar-refractivity contribution in [1.82, 2.24) is 10.6 Å². The minimum absolute atomic E-state index is 0.210. The molecule has 1 unspecified atom stereocenters. The lowest BCUT2D eigenvalue weighted by atomic mass is 10.1. The molecule has 0 spiro atoms. The molecule has 0 saturated heterocycles. The Morgan fingerprint density at radius 1 is 1.30 bits per heavy atom. The molecule has 23 heavy (non-hydrogen) atoms. The molecule has 1 aromatic rings. The van der Waals surface area contributed by atoms with E-state index in [9.17, 15) is 13.2 Å². The van der Waals surface area contributed by atoms with Gasteiger partial charge in [-0.15, -0.1) is 0 Å². The first-order valence-electron chi connectivity index (χ1n) is 7.57. The van der Waals surface area contributed by atoms with Crippen molar-refractivity contribution in [3.63, 3.8) is 0 Å². The van der Waals surface area contributed by atoms with Crippen molar-refractivity contribution >= 4 is 5.96 Å². The molecule has 3 nitrogen and oxygen atoms in total. The number of nitrogens with zero attached hydrogens (tertiary/aromatic N) is 1. The summed E-state index contributed by atoms with van der Waals surface area (Å²) in [6.45, 7) is 7.00. The summed E-state index contributed by atoms with van der Waals surface area (Å²) in [6, 6.07) is 5.26. The SMILES string of the molecule is CCNC(=NCC#Cc1cccc(C(F)(F)F)c1)NC(C)CC. The Labute approximate surface area is 135 Å². The highest BCUT2D eigenvalue weighted by atomic mass is 19.4. The molecule has 0 saturated carbocycles. The summed E-state index contributed by atoms with van der Waals surface area (Å²) in [5.74, 6) is 6.14. The Bertz CT molecular complexity index is 583. The molecule has 0 radical (unpaired) electrons. The fraction of sp³-hybridized carbons (Fsp3) is 0.471. The van der Waals surface area contributed by atoms with Crippen molar-refractivity contribution in [3.05, 3.63) is 35.4 Å². The van der Waals surface area contributed by atoms with Gasteiger partial charge in [-0.25, -0.2) is 4.99 Å². The lowest BCUT2D eigenvalue weighted by Gasteiger charge is -2.15. The molecule has 0 aliphatic rings. The van der Waals surface area contributed by atoms with E-state index < -0.39 is 11.7 Å². The van der Waals surface area contributed by atoms with Crippen molar-refractivity contribution in [2.45, 2.75) is 39.4 Å². The highest BCUT2D eigenvalue weighted by Crippen LogP contribution is 2.29. The van der Waals surface area contributed by atoms with Gasteiger partial charge in [0.25, 0.3) is 0 Å². The van der Waals surface area contributed by atoms with Crippen LogP contribution in [0.4, 0.5) is 13.2 Å². The number of aliphatic imine (C=N–C) groups is 1. The second-order valence-corrected chi connectivity index (χ2v) is 5.03. The van der Waals surface area contributed by atoms with Gasteiger partial charge in [-0.1, -0.05) is 24.8 Å². The van der Waals surface area contributed by atoms with Gasteiger partial charge in [0.15, 0.2) is 5.96 Å². The first kappa shape index (κ1) is 18.9. The highest BCUT2D eigenvalue weighted by Gasteiger charge is 2.30. The van der Waals surface area contributed by atoms with Crippen molar-refractivity contribution < 1.29 is 13.2 Å². The largest absolute Gasteiger partial charge is 0.416 e. The molecule has 2 N–H and O–H groups in total. The fourth-order valence-corrected chi connectivity index (χ4v) is 1.69. The Balaban J connectivity index is 2.74. The van der Waals surface area contributed by atoms with Crippen LogP contribution >= 0.6 is 0 Å². The van der Waals surface area contributed by atoms with Gasteiger partial charge in [-0.05, 0) is 38.5 Å². The molecular formula is C17H22F3N3. The lowest BCUT2D eigenvalue weighted by molar-refractivity contribution is -0.137. The lowest BCUT2D eigenvalue weighted by Crippen LogP contribution is -2.42. The molecule has 1 rings (SSSR count). The second kappa shape index (κ2) is 9.09. The van der Waals surface area contributed by atoms with Crippen LogP contribution in [0.15, 0.2) is 29.3 Å². The van der Waals surface area contributed by atoms with Gasteiger partial charge < -0.3 is 10.6 Å². The zero-order valence-electron chi connectivity index (χ0n) is 13.6. The van der Waals surface area contributed by atoms with Crippen molar-refractivity contribution in [2.75, 3.05) is 13.1 Å². The number of guanidine groups is 1. The zero-order valence-corrected chi connectivity index (χ0v) is 13.6. The van der Waals surface area contributed by atoms with Crippen LogP contribution in [0.3, 0.4) is 0 Å². The molecular weight excluding hydrogens is 303 g/mol. The maximum atomic E-state index is 12.6. The average Bonchev–Trinajstić information content (AvgIpc) is 2.51. The summed E-state index contributed by atoms with van der Waals surface area (Å²) in [4.78, 5) is 4.29. The van der Waals surface area contributed by atoms with Gasteiger partial charge in [0.1, 0.15) is 6.54 Å². The van der Waals surface area contributed by atoms with E-state index in [1.165, 1.54) is 6.07 Å². The van der Waals surface area contributed by atoms with Crippen LogP contribution in [0.5, 0.6) is 0 Å². The third-order valence-electron chi connectivity index (χ3n) is 3.08. The summed E-state index contributed by atoms with van der Waals surface area (Å²) in [7, 11) is 0. The van der Waals surface area contributed by atoms with E-state index in [4.69, 9.17) is 0 Å².